The summed E-state index contributed by atoms with van der Waals surface area (Å²) in [5, 5.41) is 0.157. The van der Waals surface area contributed by atoms with Crippen molar-refractivity contribution in [2.45, 2.75) is 83.8 Å². The highest BCUT2D eigenvalue weighted by atomic mass is 28.4. The highest BCUT2D eigenvalue weighted by Crippen LogP contribution is 2.39. The Balaban J connectivity index is 2.75. The van der Waals surface area contributed by atoms with Crippen molar-refractivity contribution in [3.05, 3.63) is 0 Å². The molecule has 1 aliphatic rings. The number of nitrogens with two attached hydrogens (primary N) is 1. The van der Waals surface area contributed by atoms with Crippen LogP contribution in [0.3, 0.4) is 0 Å². The summed E-state index contributed by atoms with van der Waals surface area (Å²) in [4.78, 5) is 14.1. The minimum atomic E-state index is -1.84. The van der Waals surface area contributed by atoms with E-state index >= 15 is 0 Å². The Kier molecular flexibility index (Phi) is 5.74. The Bertz CT molecular complexity index is 399. The Hall–Kier alpha value is -0.593. The lowest BCUT2D eigenvalue weighted by Crippen LogP contribution is -2.45. The second-order valence-corrected chi connectivity index (χ2v) is 13.5. The molecule has 0 unspecified atom stereocenters. The molecule has 1 aliphatic heterocycles. The van der Waals surface area contributed by atoms with Crippen LogP contribution in [0.1, 0.15) is 48.0 Å². The molecular formula is C16H34N2O3Si. The molecule has 22 heavy (non-hydrogen) atoms. The molecule has 1 saturated heterocycles. The van der Waals surface area contributed by atoms with Crippen LogP contribution in [-0.2, 0) is 9.16 Å². The number of ether oxygens (including phenoxy) is 1. The van der Waals surface area contributed by atoms with Gasteiger partial charge in [0, 0.05) is 19.1 Å². The first-order chi connectivity index (χ1) is 9.77. The molecule has 0 saturated carbocycles. The van der Waals surface area contributed by atoms with Gasteiger partial charge in [-0.05, 0) is 45.3 Å². The van der Waals surface area contributed by atoms with Gasteiger partial charge in [0.15, 0.2) is 8.32 Å². The standard InChI is InChI=1S/C16H34N2O3Si/c1-15(2,3)20-14(19)18-11-13(9-12(18)10-17)21-22(7,8)16(4,5)6/h12-13H,9-11,17H2,1-8H3/t12-,13+/m0/s1. The lowest BCUT2D eigenvalue weighted by molar-refractivity contribution is 0.0216. The number of carbonyl (C=O) groups is 1. The van der Waals surface area contributed by atoms with Crippen molar-refractivity contribution in [2.75, 3.05) is 13.1 Å². The molecule has 1 fully saturated rings. The van der Waals surface area contributed by atoms with Crippen molar-refractivity contribution in [1.82, 2.24) is 4.90 Å². The third kappa shape index (κ3) is 4.96. The number of nitrogens with zero attached hydrogens (tertiary/aromatic N) is 1. The van der Waals surface area contributed by atoms with Gasteiger partial charge in [-0.15, -0.1) is 0 Å². The van der Waals surface area contributed by atoms with E-state index in [-0.39, 0.29) is 23.3 Å². The van der Waals surface area contributed by atoms with E-state index in [9.17, 15) is 4.79 Å². The van der Waals surface area contributed by atoms with Gasteiger partial charge in [0.05, 0.1) is 6.10 Å². The summed E-state index contributed by atoms with van der Waals surface area (Å²) in [7, 11) is -1.84. The van der Waals surface area contributed by atoms with Crippen LogP contribution in [-0.4, -0.2) is 50.1 Å². The molecule has 5 nitrogen and oxygen atoms in total. The van der Waals surface area contributed by atoms with Gasteiger partial charge in [0.2, 0.25) is 0 Å². The quantitative estimate of drug-likeness (QED) is 0.806. The maximum Gasteiger partial charge on any atom is 0.410 e. The summed E-state index contributed by atoms with van der Waals surface area (Å²) in [5.41, 5.74) is 5.35. The number of rotatable bonds is 3. The normalized spacial score (nSPS) is 23.8. The van der Waals surface area contributed by atoms with E-state index in [4.69, 9.17) is 14.9 Å². The van der Waals surface area contributed by atoms with Crippen LogP contribution >= 0.6 is 0 Å². The summed E-state index contributed by atoms with van der Waals surface area (Å²) in [6.07, 6.45) is 0.564. The van der Waals surface area contributed by atoms with Crippen LogP contribution in [0.4, 0.5) is 4.79 Å². The van der Waals surface area contributed by atoms with Gasteiger partial charge >= 0.3 is 6.09 Å². The molecule has 2 atom stereocenters. The third-order valence-electron chi connectivity index (χ3n) is 4.54. The van der Waals surface area contributed by atoms with E-state index in [0.29, 0.717) is 13.1 Å². The van der Waals surface area contributed by atoms with E-state index in [0.717, 1.165) is 6.42 Å². The predicted octanol–water partition coefficient (Wildman–Crippen LogP) is 3.34. The lowest BCUT2D eigenvalue weighted by atomic mass is 10.2. The van der Waals surface area contributed by atoms with E-state index < -0.39 is 13.9 Å². The molecule has 0 radical (unpaired) electrons. The van der Waals surface area contributed by atoms with Crippen LogP contribution in [0, 0.1) is 0 Å². The first-order valence-electron chi connectivity index (χ1n) is 8.14. The summed E-state index contributed by atoms with van der Waals surface area (Å²) in [5.74, 6) is 0. The van der Waals surface area contributed by atoms with Gasteiger partial charge in [0.1, 0.15) is 5.60 Å². The second-order valence-electron chi connectivity index (χ2n) is 8.76. The molecule has 2 N–H and O–H groups in total. The number of carbonyl (C=O) groups excluding carboxylic acids is 1. The molecule has 0 aromatic carbocycles. The van der Waals surface area contributed by atoms with E-state index in [2.05, 4.69) is 33.9 Å². The molecular weight excluding hydrogens is 296 g/mol. The molecule has 0 aromatic heterocycles. The average Bonchev–Trinajstić information content (AvgIpc) is 2.67. The molecule has 0 aromatic rings. The van der Waals surface area contributed by atoms with Gasteiger partial charge < -0.3 is 19.8 Å². The fourth-order valence-electron chi connectivity index (χ4n) is 2.32. The summed E-state index contributed by atoms with van der Waals surface area (Å²) >= 11 is 0. The van der Waals surface area contributed by atoms with Crippen molar-refractivity contribution in [3.63, 3.8) is 0 Å². The summed E-state index contributed by atoms with van der Waals surface area (Å²) < 4.78 is 11.9. The van der Waals surface area contributed by atoms with E-state index in [1.807, 2.05) is 20.8 Å². The molecule has 1 rings (SSSR count). The fourth-order valence-corrected chi connectivity index (χ4v) is 3.68. The first kappa shape index (κ1) is 19.5. The van der Waals surface area contributed by atoms with Crippen molar-refractivity contribution < 1.29 is 14.0 Å². The highest BCUT2D eigenvalue weighted by molar-refractivity contribution is 6.74. The number of likely N-dealkylation sites (tertiary alicyclic amines) is 1. The predicted molar refractivity (Wildman–Crippen MR) is 92.5 cm³/mol. The smallest absolute Gasteiger partial charge is 0.410 e. The molecule has 1 heterocycles. The number of hydrogen-bond acceptors (Lipinski definition) is 4. The number of hydrogen-bond donors (Lipinski definition) is 1. The van der Waals surface area contributed by atoms with Crippen molar-refractivity contribution in [3.8, 4) is 0 Å². The molecule has 0 spiro atoms. The Morgan fingerprint density at radius 3 is 2.18 bits per heavy atom. The SMILES string of the molecule is CC(C)(C)OC(=O)N1C[C@H](O[Si](C)(C)C(C)(C)C)C[C@H]1CN. The Morgan fingerprint density at radius 2 is 1.77 bits per heavy atom. The van der Waals surface area contributed by atoms with Crippen LogP contribution in [0.5, 0.6) is 0 Å². The first-order valence-corrected chi connectivity index (χ1v) is 11.0. The fraction of sp³-hybridized carbons (Fsp3) is 0.938. The molecule has 0 aliphatic carbocycles. The van der Waals surface area contributed by atoms with Gasteiger partial charge in [-0.2, -0.15) is 0 Å². The third-order valence-corrected chi connectivity index (χ3v) is 9.08. The largest absolute Gasteiger partial charge is 0.444 e. The second kappa shape index (κ2) is 6.49. The summed E-state index contributed by atoms with van der Waals surface area (Å²) in [6, 6.07) is 0.00428. The zero-order valence-corrected chi connectivity index (χ0v) is 16.5. The minimum Gasteiger partial charge on any atom is -0.444 e. The van der Waals surface area contributed by atoms with Crippen LogP contribution < -0.4 is 5.73 Å². The van der Waals surface area contributed by atoms with Crippen molar-refractivity contribution in [1.29, 1.82) is 0 Å². The molecule has 130 valence electrons. The monoisotopic (exact) mass is 330 g/mol. The maximum absolute atomic E-state index is 12.3. The molecule has 1 amide bonds. The van der Waals surface area contributed by atoms with Gasteiger partial charge in [-0.1, -0.05) is 20.8 Å². The highest BCUT2D eigenvalue weighted by Gasteiger charge is 2.44. The maximum atomic E-state index is 12.3. The summed E-state index contributed by atoms with van der Waals surface area (Å²) in [6.45, 7) is 17.8. The zero-order valence-electron chi connectivity index (χ0n) is 15.5. The zero-order chi connectivity index (χ0) is 17.3. The van der Waals surface area contributed by atoms with Crippen LogP contribution in [0.25, 0.3) is 0 Å². The Labute approximate surface area is 136 Å². The minimum absolute atomic E-state index is 0.00428. The lowest BCUT2D eigenvalue weighted by Gasteiger charge is -2.38. The van der Waals surface area contributed by atoms with Crippen molar-refractivity contribution in [2.24, 2.45) is 5.73 Å². The topological polar surface area (TPSA) is 64.8 Å². The van der Waals surface area contributed by atoms with Crippen LogP contribution in [0.2, 0.25) is 18.1 Å². The number of amides is 1. The Morgan fingerprint density at radius 1 is 1.23 bits per heavy atom. The molecule has 6 heteroatoms. The molecule has 0 bridgehead atoms. The van der Waals surface area contributed by atoms with Gasteiger partial charge in [-0.25, -0.2) is 4.79 Å². The van der Waals surface area contributed by atoms with E-state index in [1.54, 1.807) is 4.90 Å². The van der Waals surface area contributed by atoms with Gasteiger partial charge in [0.25, 0.3) is 0 Å². The average molecular weight is 331 g/mol. The van der Waals surface area contributed by atoms with E-state index in [1.165, 1.54) is 0 Å². The van der Waals surface area contributed by atoms with Gasteiger partial charge in [-0.3, -0.25) is 0 Å². The van der Waals surface area contributed by atoms with Crippen LogP contribution in [0.15, 0.2) is 0 Å². The van der Waals surface area contributed by atoms with Crippen molar-refractivity contribution >= 4 is 14.4 Å².